The van der Waals surface area contributed by atoms with Gasteiger partial charge in [-0.2, -0.15) is 15.0 Å². The number of likely N-dealkylation sites (tertiary alicyclic amines) is 3. The minimum atomic E-state index is -0.217. The number of aliphatic hydroxyl groups excluding tert-OH is 3. The van der Waals surface area contributed by atoms with E-state index in [2.05, 4.69) is 127 Å². The van der Waals surface area contributed by atoms with Crippen molar-refractivity contribution in [3.63, 3.8) is 0 Å². The number of likely N-dealkylation sites (N-methyl/N-ethyl adjacent to an activating group) is 1. The van der Waals surface area contributed by atoms with Crippen LogP contribution in [-0.2, 0) is 0 Å². The van der Waals surface area contributed by atoms with E-state index in [4.69, 9.17) is 19.9 Å². The molecule has 0 bridgehead atoms. The molecule has 0 radical (unpaired) electrons. The zero-order valence-electron chi connectivity index (χ0n) is 63.7. The van der Waals surface area contributed by atoms with Crippen molar-refractivity contribution in [1.82, 2.24) is 68.3 Å². The molecule has 2 amide bonds. The summed E-state index contributed by atoms with van der Waals surface area (Å²) in [4.78, 5) is 71.0. The summed E-state index contributed by atoms with van der Waals surface area (Å²) < 4.78 is 7.04. The van der Waals surface area contributed by atoms with Crippen LogP contribution in [0.15, 0.2) is 91.8 Å². The third-order valence-corrected chi connectivity index (χ3v) is 23.1. The summed E-state index contributed by atoms with van der Waals surface area (Å²) in [6.45, 7) is 23.7. The van der Waals surface area contributed by atoms with E-state index in [1.165, 1.54) is 34.1 Å². The Morgan fingerprint density at radius 1 is 0.457 bits per heavy atom. The maximum absolute atomic E-state index is 13.4. The zero-order chi connectivity index (χ0) is 73.6. The molecule has 560 valence electrons. The topological polar surface area (TPSA) is 259 Å². The highest BCUT2D eigenvalue weighted by Gasteiger charge is 2.36. The summed E-state index contributed by atoms with van der Waals surface area (Å²) in [5.74, 6) is 3.18. The number of carbonyl (C=O) groups excluding carboxylic acids is 2. The van der Waals surface area contributed by atoms with Gasteiger partial charge in [-0.05, 0) is 218 Å². The van der Waals surface area contributed by atoms with Crippen LogP contribution in [0, 0.1) is 27.7 Å². The van der Waals surface area contributed by atoms with Crippen LogP contribution in [0.3, 0.4) is 0 Å². The summed E-state index contributed by atoms with van der Waals surface area (Å²) in [5, 5.41) is 43.9. The third kappa shape index (κ3) is 17.7. The molecule has 6 aliphatic rings. The lowest BCUT2D eigenvalue weighted by molar-refractivity contribution is 0.0783. The van der Waals surface area contributed by atoms with Crippen LogP contribution in [0.1, 0.15) is 264 Å². The highest BCUT2D eigenvalue weighted by atomic mass is 16.3. The number of hydrogen-bond donors (Lipinski definition) is 6. The van der Waals surface area contributed by atoms with E-state index in [0.29, 0.717) is 66.2 Å². The Balaban J connectivity index is 0.000000142. The van der Waals surface area contributed by atoms with Crippen molar-refractivity contribution in [2.75, 3.05) is 62.3 Å². The lowest BCUT2D eigenvalue weighted by atomic mass is 9.93. The summed E-state index contributed by atoms with van der Waals surface area (Å²) in [6.07, 6.45) is 30.5. The Hall–Kier alpha value is -8.44. The van der Waals surface area contributed by atoms with Gasteiger partial charge >= 0.3 is 0 Å². The van der Waals surface area contributed by atoms with Gasteiger partial charge in [-0.15, -0.1) is 0 Å². The van der Waals surface area contributed by atoms with Crippen molar-refractivity contribution >= 4 is 62.8 Å². The molecule has 3 saturated heterocycles. The Morgan fingerprint density at radius 2 is 0.800 bits per heavy atom. The van der Waals surface area contributed by atoms with Crippen LogP contribution < -0.4 is 16.0 Å². The molecule has 3 saturated carbocycles. The molecular weight excluding hydrogens is 1320 g/mol. The van der Waals surface area contributed by atoms with E-state index < -0.39 is 0 Å². The van der Waals surface area contributed by atoms with Crippen LogP contribution >= 0.6 is 0 Å². The highest BCUT2D eigenvalue weighted by molar-refractivity contribution is 5.95. The molecule has 6 fully saturated rings. The molecule has 8 aromatic heterocycles. The molecular formula is C83H113N17O5. The lowest BCUT2D eigenvalue weighted by Gasteiger charge is -2.27. The molecule has 9 aromatic rings. The van der Waals surface area contributed by atoms with Gasteiger partial charge in [0.1, 0.15) is 16.9 Å². The number of anilines is 3. The smallest absolute Gasteiger partial charge is 0.254 e. The monoisotopic (exact) mass is 1430 g/mol. The first kappa shape index (κ1) is 74.8. The van der Waals surface area contributed by atoms with E-state index in [9.17, 15) is 24.9 Å². The fourth-order valence-electron chi connectivity index (χ4n) is 17.5. The molecule has 22 nitrogen and oxygen atoms in total. The van der Waals surface area contributed by atoms with Gasteiger partial charge in [-0.25, -0.2) is 15.0 Å². The van der Waals surface area contributed by atoms with Gasteiger partial charge in [-0.3, -0.25) is 19.6 Å². The Morgan fingerprint density at radius 3 is 1.14 bits per heavy atom. The van der Waals surface area contributed by atoms with Crippen molar-refractivity contribution in [2.45, 2.75) is 257 Å². The van der Waals surface area contributed by atoms with Crippen LogP contribution in [0.2, 0.25) is 0 Å². The quantitative estimate of drug-likeness (QED) is 0.0440. The Bertz CT molecular complexity index is 4390. The maximum Gasteiger partial charge on any atom is 0.254 e. The minimum Gasteiger partial charge on any atom is -0.393 e. The highest BCUT2D eigenvalue weighted by Crippen LogP contribution is 2.43. The summed E-state index contributed by atoms with van der Waals surface area (Å²) in [7, 11) is 2.20. The Kier molecular flexibility index (Phi) is 23.9. The van der Waals surface area contributed by atoms with E-state index in [1.807, 2.05) is 98.5 Å². The number of aliphatic hydroxyl groups is 3. The number of amides is 2. The van der Waals surface area contributed by atoms with Crippen molar-refractivity contribution in [3.8, 4) is 0 Å². The van der Waals surface area contributed by atoms with Gasteiger partial charge < -0.3 is 59.7 Å². The number of nitrogens with zero attached hydrogens (tertiary/aromatic N) is 14. The summed E-state index contributed by atoms with van der Waals surface area (Å²) in [5.41, 5.74) is 12.9. The number of fused-ring (bicyclic) bond motifs is 3. The molecule has 15 rings (SSSR count). The first-order chi connectivity index (χ1) is 50.7. The molecule has 6 N–H and O–H groups in total. The molecule has 0 spiro atoms. The second kappa shape index (κ2) is 33.6. The van der Waals surface area contributed by atoms with Gasteiger partial charge in [0.25, 0.3) is 11.8 Å². The molecule has 3 aliphatic heterocycles. The van der Waals surface area contributed by atoms with E-state index in [0.717, 1.165) is 198 Å². The molecule has 11 heterocycles. The van der Waals surface area contributed by atoms with Gasteiger partial charge in [0.15, 0.2) is 0 Å². The third-order valence-electron chi connectivity index (χ3n) is 23.1. The first-order valence-electron chi connectivity index (χ1n) is 39.4. The van der Waals surface area contributed by atoms with Crippen LogP contribution in [0.25, 0.3) is 33.1 Å². The van der Waals surface area contributed by atoms with Gasteiger partial charge in [0, 0.05) is 168 Å². The van der Waals surface area contributed by atoms with Gasteiger partial charge in [-0.1, -0.05) is 57.0 Å². The largest absolute Gasteiger partial charge is 0.393 e. The average Bonchev–Trinajstić information content (AvgIpc) is 1.62. The molecule has 1 aromatic carbocycles. The number of aryl methyl sites for hydroxylation is 4. The standard InChI is InChI=1S/C32H38N6O2.C29H40N6O2.C22H35N5O/c1-20-15-25(16-21(2)34-20)31(40)37-14-13-24(18-37)29-19-38(26-9-11-27(39)12-10-26)30-28(29)17-33-32(36-30)35-22(3)23-7-5-4-6-8-23;1-5-6-18(2)32-29-30-15-25-26(17-35(27(25)33-29)23-7-9-24(36)10-8-23)21-11-12-34(16-21)28(37)22-13-19(3)31-20(4)14-22;1-4-5-15(2)24-22-23-12-19-20(16-10-11-26(3)13-16)14-27(21(19)25-22)17-6-8-18(28)9-7-17/h4-8,15-17,19,22,24,26-27,39H,9-14,18H2,1-3H3,(H,33,35,36);13-15,17-18,21,23-24,36H,5-12,16H2,1-4H3,(H,30,32,33);12,14-18,28H,4-11,13H2,1-3H3,(H,23,24,25)/t22-,24?,26?,27?;18-,21?,23?,24?;15-,16?,17?,18?/m000/s1. The lowest BCUT2D eigenvalue weighted by Crippen LogP contribution is -2.28. The van der Waals surface area contributed by atoms with Gasteiger partial charge in [0.05, 0.1) is 24.4 Å². The van der Waals surface area contributed by atoms with Crippen LogP contribution in [0.5, 0.6) is 0 Å². The second-order valence-electron chi connectivity index (χ2n) is 31.6. The normalized spacial score (nSPS) is 23.8. The Labute approximate surface area is 619 Å². The average molecular weight is 1430 g/mol. The van der Waals surface area contributed by atoms with Crippen molar-refractivity contribution in [3.05, 3.63) is 148 Å². The van der Waals surface area contributed by atoms with Crippen LogP contribution in [-0.4, -0.2) is 172 Å². The van der Waals surface area contributed by atoms with E-state index in [1.54, 1.807) is 0 Å². The zero-order valence-corrected chi connectivity index (χ0v) is 63.7. The van der Waals surface area contributed by atoms with Crippen LogP contribution in [0.4, 0.5) is 17.8 Å². The first-order valence-corrected chi connectivity index (χ1v) is 39.4. The predicted molar refractivity (Wildman–Crippen MR) is 416 cm³/mol. The SMILES string of the molecule is CCC[C@H](C)Nc1ncc2c(C3CCN(C(=O)c4cc(C)nc(C)c4)C3)cn(C3CCC(O)CC3)c2n1.CCC[C@H](C)Nc1ncc2c(C3CCN(C)C3)cn(C3CCC(O)CC3)c2n1.Cc1cc(C(=O)N2CCC(c3cn(C4CCC(O)CC4)c4nc(N[C@@H](C)c5ccccc5)ncc34)C2)cc(C)n1. The molecule has 105 heavy (non-hydrogen) atoms. The number of aromatic nitrogens is 11. The molecule has 3 unspecified atom stereocenters. The number of hydrogen-bond acceptors (Lipinski definition) is 17. The maximum atomic E-state index is 13.4. The fraction of sp³-hybridized carbons (Fsp3) is 0.566. The van der Waals surface area contributed by atoms with Crippen molar-refractivity contribution < 1.29 is 24.9 Å². The number of nitrogens with one attached hydrogen (secondary N) is 3. The summed E-state index contributed by atoms with van der Waals surface area (Å²) >= 11 is 0. The molecule has 22 heteroatoms. The molecule has 3 aliphatic carbocycles. The number of benzene rings is 1. The number of pyridine rings is 2. The van der Waals surface area contributed by atoms with Crippen molar-refractivity contribution in [1.29, 1.82) is 0 Å². The van der Waals surface area contributed by atoms with Gasteiger partial charge in [0.2, 0.25) is 17.8 Å². The van der Waals surface area contributed by atoms with E-state index >= 15 is 0 Å². The number of rotatable bonds is 19. The molecule has 6 atom stereocenters. The summed E-state index contributed by atoms with van der Waals surface area (Å²) in [6, 6.07) is 19.6. The van der Waals surface area contributed by atoms with Crippen molar-refractivity contribution in [2.24, 2.45) is 0 Å². The second-order valence-corrected chi connectivity index (χ2v) is 31.6. The fourth-order valence-corrected chi connectivity index (χ4v) is 17.5. The van der Waals surface area contributed by atoms with E-state index in [-0.39, 0.29) is 54.0 Å². The number of carbonyl (C=O) groups is 2. The predicted octanol–water partition coefficient (Wildman–Crippen LogP) is 14.8. The minimum absolute atomic E-state index is 0.0683.